The monoisotopic (exact) mass is 447 g/mol. The number of hydrogen-bond acceptors (Lipinski definition) is 6. The van der Waals surface area contributed by atoms with Crippen LogP contribution in [0, 0.1) is 0 Å². The third-order valence-corrected chi connectivity index (χ3v) is 4.96. The van der Waals surface area contributed by atoms with Crippen molar-refractivity contribution >= 4 is 12.1 Å². The Morgan fingerprint density at radius 2 is 1.36 bits per heavy atom. The van der Waals surface area contributed by atoms with Gasteiger partial charge in [0.25, 0.3) is 5.91 Å². The van der Waals surface area contributed by atoms with Crippen LogP contribution in [0.1, 0.15) is 16.7 Å². The molecule has 0 bridgehead atoms. The van der Waals surface area contributed by atoms with Gasteiger partial charge in [-0.1, -0.05) is 60.7 Å². The van der Waals surface area contributed by atoms with E-state index in [1.807, 2.05) is 36.4 Å². The molecule has 1 N–H and O–H groups in total. The van der Waals surface area contributed by atoms with E-state index >= 15 is 0 Å². The maximum atomic E-state index is 12.6. The van der Waals surface area contributed by atoms with Crippen molar-refractivity contribution in [3.63, 3.8) is 0 Å². The van der Waals surface area contributed by atoms with E-state index < -0.39 is 0 Å². The molecule has 0 spiro atoms. The number of ether oxygens (including phenoxy) is 3. The van der Waals surface area contributed by atoms with Crippen molar-refractivity contribution < 1.29 is 19.0 Å². The van der Waals surface area contributed by atoms with Crippen LogP contribution < -0.4 is 19.6 Å². The van der Waals surface area contributed by atoms with Crippen LogP contribution in [0.25, 0.3) is 0 Å². The molecule has 0 radical (unpaired) electrons. The van der Waals surface area contributed by atoms with Gasteiger partial charge in [0.15, 0.2) is 11.5 Å². The average molecular weight is 448 g/mol. The normalized spacial score (nSPS) is 10.9. The van der Waals surface area contributed by atoms with Crippen LogP contribution in [0.15, 0.2) is 77.9 Å². The Balaban J connectivity index is 1.66. The molecular weight excluding hydrogens is 418 g/mol. The van der Waals surface area contributed by atoms with Gasteiger partial charge in [0, 0.05) is 18.7 Å². The molecule has 0 atom stereocenters. The summed E-state index contributed by atoms with van der Waals surface area (Å²) in [6.45, 7) is 1.51. The minimum absolute atomic E-state index is 0.203. The molecule has 172 valence electrons. The molecule has 3 aromatic rings. The number of amides is 1. The molecule has 0 saturated heterocycles. The standard InChI is InChI=1S/C26H29N3O4/c1-31-23-14-22(15-24(32-2)26(23)33-3)16-27-28-25(30)19-29(17-20-10-6-4-7-11-20)18-21-12-8-5-9-13-21/h4-16H,17-19H2,1-3H3,(H,28,30)/b27-16-. The Bertz CT molecular complexity index is 989. The van der Waals surface area contributed by atoms with E-state index in [1.54, 1.807) is 39.7 Å². The van der Waals surface area contributed by atoms with E-state index in [9.17, 15) is 4.79 Å². The lowest BCUT2D eigenvalue weighted by Crippen LogP contribution is -2.34. The second-order valence-electron chi connectivity index (χ2n) is 7.37. The summed E-state index contributed by atoms with van der Waals surface area (Å²) >= 11 is 0. The van der Waals surface area contributed by atoms with Crippen LogP contribution >= 0.6 is 0 Å². The molecule has 33 heavy (non-hydrogen) atoms. The Labute approximate surface area is 194 Å². The van der Waals surface area contributed by atoms with E-state index in [-0.39, 0.29) is 12.5 Å². The first-order valence-corrected chi connectivity index (χ1v) is 10.5. The number of rotatable bonds is 11. The average Bonchev–Trinajstić information content (AvgIpc) is 2.84. The van der Waals surface area contributed by atoms with Crippen LogP contribution in [-0.4, -0.2) is 44.9 Å². The highest BCUT2D eigenvalue weighted by molar-refractivity contribution is 5.84. The van der Waals surface area contributed by atoms with Crippen molar-refractivity contribution in [2.75, 3.05) is 27.9 Å². The molecule has 0 fully saturated rings. The minimum Gasteiger partial charge on any atom is -0.493 e. The van der Waals surface area contributed by atoms with Crippen molar-refractivity contribution in [1.29, 1.82) is 0 Å². The van der Waals surface area contributed by atoms with Gasteiger partial charge < -0.3 is 14.2 Å². The van der Waals surface area contributed by atoms with Crippen molar-refractivity contribution in [3.8, 4) is 17.2 Å². The van der Waals surface area contributed by atoms with Crippen LogP contribution in [0.3, 0.4) is 0 Å². The van der Waals surface area contributed by atoms with Gasteiger partial charge in [-0.05, 0) is 23.3 Å². The predicted molar refractivity (Wildman–Crippen MR) is 129 cm³/mol. The summed E-state index contributed by atoms with van der Waals surface area (Å²) in [5, 5.41) is 4.11. The number of hydrazone groups is 1. The van der Waals surface area contributed by atoms with Gasteiger partial charge in [0.1, 0.15) is 0 Å². The topological polar surface area (TPSA) is 72.4 Å². The summed E-state index contributed by atoms with van der Waals surface area (Å²) in [6.07, 6.45) is 1.54. The molecular formula is C26H29N3O4. The Hall–Kier alpha value is -3.84. The lowest BCUT2D eigenvalue weighted by atomic mass is 10.1. The summed E-state index contributed by atoms with van der Waals surface area (Å²) in [7, 11) is 4.65. The fourth-order valence-corrected chi connectivity index (χ4v) is 3.44. The molecule has 1 amide bonds. The van der Waals surface area contributed by atoms with Crippen molar-refractivity contribution in [2.24, 2.45) is 5.10 Å². The van der Waals surface area contributed by atoms with Gasteiger partial charge >= 0.3 is 0 Å². The van der Waals surface area contributed by atoms with E-state index in [2.05, 4.69) is 39.7 Å². The number of nitrogens with one attached hydrogen (secondary N) is 1. The predicted octanol–water partition coefficient (Wildman–Crippen LogP) is 3.86. The van der Waals surface area contributed by atoms with Crippen LogP contribution in [0.5, 0.6) is 17.2 Å². The smallest absolute Gasteiger partial charge is 0.254 e. The summed E-state index contributed by atoms with van der Waals surface area (Å²) in [5.74, 6) is 1.33. The molecule has 0 aromatic heterocycles. The van der Waals surface area contributed by atoms with Crippen LogP contribution in [0.4, 0.5) is 0 Å². The number of nitrogens with zero attached hydrogens (tertiary/aromatic N) is 2. The minimum atomic E-state index is -0.203. The molecule has 0 saturated carbocycles. The maximum absolute atomic E-state index is 12.6. The first-order chi connectivity index (χ1) is 16.1. The van der Waals surface area contributed by atoms with Crippen molar-refractivity contribution in [1.82, 2.24) is 10.3 Å². The quantitative estimate of drug-likeness (QED) is 0.357. The highest BCUT2D eigenvalue weighted by Crippen LogP contribution is 2.37. The summed E-state index contributed by atoms with van der Waals surface area (Å²) in [5.41, 5.74) is 5.60. The molecule has 7 heteroatoms. The van der Waals surface area contributed by atoms with Gasteiger partial charge in [-0.2, -0.15) is 5.10 Å². The van der Waals surface area contributed by atoms with E-state index in [4.69, 9.17) is 14.2 Å². The maximum Gasteiger partial charge on any atom is 0.254 e. The number of carbonyl (C=O) groups excluding carboxylic acids is 1. The number of carbonyl (C=O) groups is 1. The zero-order valence-corrected chi connectivity index (χ0v) is 19.2. The van der Waals surface area contributed by atoms with E-state index in [0.29, 0.717) is 35.9 Å². The molecule has 3 rings (SSSR count). The largest absolute Gasteiger partial charge is 0.493 e. The molecule has 7 nitrogen and oxygen atoms in total. The Kier molecular flexibility index (Phi) is 8.85. The van der Waals surface area contributed by atoms with Crippen LogP contribution in [0.2, 0.25) is 0 Å². The SMILES string of the molecule is COc1cc(/C=N\NC(=O)CN(Cc2ccccc2)Cc2ccccc2)cc(OC)c1OC. The molecule has 0 heterocycles. The van der Waals surface area contributed by atoms with E-state index in [0.717, 1.165) is 11.1 Å². The van der Waals surface area contributed by atoms with Gasteiger partial charge in [-0.25, -0.2) is 5.43 Å². The third kappa shape index (κ3) is 7.08. The number of hydrogen-bond donors (Lipinski definition) is 1. The fourth-order valence-electron chi connectivity index (χ4n) is 3.44. The molecule has 0 unspecified atom stereocenters. The summed E-state index contributed by atoms with van der Waals surface area (Å²) < 4.78 is 16.0. The molecule has 0 aliphatic rings. The van der Waals surface area contributed by atoms with Crippen LogP contribution in [-0.2, 0) is 17.9 Å². The molecule has 3 aromatic carbocycles. The molecule has 0 aliphatic heterocycles. The fraction of sp³-hybridized carbons (Fsp3) is 0.231. The van der Waals surface area contributed by atoms with Crippen molar-refractivity contribution in [3.05, 3.63) is 89.5 Å². The van der Waals surface area contributed by atoms with Gasteiger partial charge in [-0.15, -0.1) is 0 Å². The highest BCUT2D eigenvalue weighted by atomic mass is 16.5. The first kappa shape index (κ1) is 23.8. The third-order valence-electron chi connectivity index (χ3n) is 4.96. The zero-order chi connectivity index (χ0) is 23.5. The second kappa shape index (κ2) is 12.3. The lowest BCUT2D eigenvalue weighted by molar-refractivity contribution is -0.122. The van der Waals surface area contributed by atoms with Gasteiger partial charge in [-0.3, -0.25) is 9.69 Å². The summed E-state index contributed by atoms with van der Waals surface area (Å²) in [4.78, 5) is 14.7. The Morgan fingerprint density at radius 1 is 0.848 bits per heavy atom. The van der Waals surface area contributed by atoms with Crippen molar-refractivity contribution in [2.45, 2.75) is 13.1 Å². The zero-order valence-electron chi connectivity index (χ0n) is 19.2. The Morgan fingerprint density at radius 3 is 1.82 bits per heavy atom. The highest BCUT2D eigenvalue weighted by Gasteiger charge is 2.14. The first-order valence-electron chi connectivity index (χ1n) is 10.5. The summed E-state index contributed by atoms with van der Waals surface area (Å²) in [6, 6.07) is 23.7. The lowest BCUT2D eigenvalue weighted by Gasteiger charge is -2.21. The number of benzene rings is 3. The van der Waals surface area contributed by atoms with Gasteiger partial charge in [0.05, 0.1) is 34.1 Å². The second-order valence-corrected chi connectivity index (χ2v) is 7.37. The van der Waals surface area contributed by atoms with E-state index in [1.165, 1.54) is 0 Å². The van der Waals surface area contributed by atoms with Gasteiger partial charge in [0.2, 0.25) is 5.75 Å². The molecule has 0 aliphatic carbocycles. The number of methoxy groups -OCH3 is 3.